The average Bonchev–Trinajstić information content (AvgIpc) is 4.00. The van der Waals surface area contributed by atoms with Gasteiger partial charge in [-0.25, -0.2) is 13.8 Å². The van der Waals surface area contributed by atoms with E-state index in [1.54, 1.807) is 4.90 Å². The molecule has 0 unspecified atom stereocenters. The molecule has 4 aliphatic rings. The van der Waals surface area contributed by atoms with Crippen LogP contribution in [-0.2, 0) is 4.74 Å². The smallest absolute Gasteiger partial charge is 0.410 e. The number of hydrogen-bond donors (Lipinski definition) is 1. The lowest BCUT2D eigenvalue weighted by molar-refractivity contribution is 0.0240. The Morgan fingerprint density at radius 3 is 1.39 bits per heavy atom. The van der Waals surface area contributed by atoms with E-state index in [2.05, 4.69) is 148 Å². The molecule has 0 bridgehead atoms. The van der Waals surface area contributed by atoms with Gasteiger partial charge in [0.25, 0.3) is 0 Å². The molecule has 4 fully saturated rings. The molecule has 4 saturated heterocycles. The number of aromatic nitrogens is 4. The predicted molar refractivity (Wildman–Crippen MR) is 274 cm³/mol. The van der Waals surface area contributed by atoms with Gasteiger partial charge in [-0.3, -0.25) is 0 Å². The number of nitrogens with zero attached hydrogens (tertiary/aromatic N) is 9. The molecule has 8 heterocycles. The lowest BCUT2D eigenvalue weighted by atomic mass is 9.88. The summed E-state index contributed by atoms with van der Waals surface area (Å²) in [7, 11) is 0. The van der Waals surface area contributed by atoms with Gasteiger partial charge < -0.3 is 34.6 Å². The summed E-state index contributed by atoms with van der Waals surface area (Å²) in [5, 5.41) is 12.6. The number of likely N-dealkylation sites (tertiary alicyclic amines) is 2. The average molecular weight is 907 g/mol. The van der Waals surface area contributed by atoms with Gasteiger partial charge >= 0.3 is 6.09 Å². The van der Waals surface area contributed by atoms with E-state index in [9.17, 15) is 4.79 Å². The van der Waals surface area contributed by atoms with Crippen LogP contribution in [0.3, 0.4) is 0 Å². The van der Waals surface area contributed by atoms with Gasteiger partial charge in [0.1, 0.15) is 5.60 Å². The summed E-state index contributed by atoms with van der Waals surface area (Å²) < 4.78 is 9.56. The van der Waals surface area contributed by atoms with E-state index in [-0.39, 0.29) is 6.09 Å². The molecular formula is C55H74N10O2. The van der Waals surface area contributed by atoms with Crippen molar-refractivity contribution in [3.63, 3.8) is 0 Å². The van der Waals surface area contributed by atoms with Crippen molar-refractivity contribution in [2.45, 2.75) is 104 Å². The molecule has 356 valence electrons. The van der Waals surface area contributed by atoms with Gasteiger partial charge in [0.15, 0.2) is 0 Å². The van der Waals surface area contributed by atoms with Crippen molar-refractivity contribution in [1.82, 2.24) is 39.2 Å². The number of rotatable bonds is 8. The first-order valence-electron chi connectivity index (χ1n) is 25.2. The van der Waals surface area contributed by atoms with E-state index in [4.69, 9.17) is 4.74 Å². The molecule has 0 atom stereocenters. The highest BCUT2D eigenvalue weighted by Crippen LogP contribution is 2.35. The lowest BCUT2D eigenvalue weighted by Crippen LogP contribution is -2.50. The van der Waals surface area contributed by atoms with Crippen LogP contribution >= 0.6 is 0 Å². The zero-order chi connectivity index (χ0) is 46.7. The molecule has 1 N–H and O–H groups in total. The van der Waals surface area contributed by atoms with Crippen molar-refractivity contribution in [3.05, 3.63) is 109 Å². The molecule has 0 aliphatic carbocycles. The number of carbonyl (C=O) groups is 1. The van der Waals surface area contributed by atoms with Crippen molar-refractivity contribution in [1.29, 1.82) is 0 Å². The van der Waals surface area contributed by atoms with Gasteiger partial charge in [-0.1, -0.05) is 48.5 Å². The fourth-order valence-corrected chi connectivity index (χ4v) is 10.6. The van der Waals surface area contributed by atoms with Crippen molar-refractivity contribution in [2.24, 2.45) is 0 Å². The Kier molecular flexibility index (Phi) is 14.2. The second-order valence-corrected chi connectivity index (χ2v) is 20.8. The quantitative estimate of drug-likeness (QED) is 0.161. The highest BCUT2D eigenvalue weighted by Gasteiger charge is 2.28. The summed E-state index contributed by atoms with van der Waals surface area (Å²) in [4.78, 5) is 24.3. The first-order chi connectivity index (χ1) is 32.4. The maximum absolute atomic E-state index is 12.5. The van der Waals surface area contributed by atoms with Crippen LogP contribution in [-0.4, -0.2) is 136 Å². The Labute approximate surface area is 398 Å². The Hall–Kier alpha value is -5.43. The Balaban J connectivity index is 0.000000171. The second-order valence-electron chi connectivity index (χ2n) is 20.8. The molecule has 0 radical (unpaired) electrons. The Morgan fingerprint density at radius 2 is 0.985 bits per heavy atom. The van der Waals surface area contributed by atoms with Gasteiger partial charge in [-0.15, -0.1) is 0 Å². The van der Waals surface area contributed by atoms with Crippen molar-refractivity contribution >= 4 is 28.5 Å². The minimum atomic E-state index is -0.475. The van der Waals surface area contributed by atoms with Crippen LogP contribution in [0.1, 0.15) is 97.1 Å². The van der Waals surface area contributed by atoms with E-state index in [1.807, 2.05) is 42.2 Å². The molecule has 2 aromatic carbocycles. The summed E-state index contributed by atoms with van der Waals surface area (Å²) in [6.45, 7) is 26.7. The molecular weight excluding hydrogens is 833 g/mol. The highest BCUT2D eigenvalue weighted by atomic mass is 16.6. The normalized spacial score (nSPS) is 18.6. The number of carbonyl (C=O) groups excluding carboxylic acids is 1. The van der Waals surface area contributed by atoms with Crippen LogP contribution < -0.4 is 15.1 Å². The molecule has 4 aromatic heterocycles. The van der Waals surface area contributed by atoms with E-state index < -0.39 is 5.60 Å². The predicted octanol–water partition coefficient (Wildman–Crippen LogP) is 9.64. The summed E-state index contributed by atoms with van der Waals surface area (Å²) in [6, 6.07) is 28.5. The summed E-state index contributed by atoms with van der Waals surface area (Å²) in [5.74, 6) is 1.35. The highest BCUT2D eigenvalue weighted by molar-refractivity contribution is 5.81. The van der Waals surface area contributed by atoms with Gasteiger partial charge in [0.05, 0.1) is 22.4 Å². The number of piperidine rings is 2. The summed E-state index contributed by atoms with van der Waals surface area (Å²) >= 11 is 0. The van der Waals surface area contributed by atoms with E-state index >= 15 is 0 Å². The number of anilines is 2. The SMILES string of the molecule is CC(C)N1CCC(c2ccc(-c3cc4c(N5CCN(C(=O)OC(C)(C)C)CC5)ccnn4c3)cc2)CC1.CC(C)N1CCC(c2ccc(-c3cc4c(N5CCNCC5)ccnn4c3)cc2)CC1. The molecule has 67 heavy (non-hydrogen) atoms. The number of amides is 1. The number of piperazine rings is 2. The summed E-state index contributed by atoms with van der Waals surface area (Å²) in [5.41, 5.74) is 12.1. The number of fused-ring (bicyclic) bond motifs is 2. The Bertz CT molecular complexity index is 2540. The van der Waals surface area contributed by atoms with Crippen molar-refractivity contribution in [3.8, 4) is 22.3 Å². The third-order valence-electron chi connectivity index (χ3n) is 14.7. The van der Waals surface area contributed by atoms with Gasteiger partial charge in [0.2, 0.25) is 0 Å². The van der Waals surface area contributed by atoms with E-state index in [1.165, 1.54) is 96.4 Å². The first-order valence-corrected chi connectivity index (χ1v) is 25.2. The number of benzene rings is 2. The molecule has 12 nitrogen and oxygen atoms in total. The topological polar surface area (TPSA) is 89.1 Å². The monoisotopic (exact) mass is 907 g/mol. The molecule has 10 rings (SSSR count). The second kappa shape index (κ2) is 20.4. The molecule has 0 spiro atoms. The molecule has 1 amide bonds. The van der Waals surface area contributed by atoms with Crippen LogP contribution in [0.15, 0.2) is 97.6 Å². The minimum absolute atomic E-state index is 0.231. The molecule has 12 heteroatoms. The van der Waals surface area contributed by atoms with Gasteiger partial charge in [0, 0.05) is 100 Å². The number of ether oxygens (including phenoxy) is 1. The maximum Gasteiger partial charge on any atom is 0.410 e. The van der Waals surface area contributed by atoms with Crippen molar-refractivity contribution in [2.75, 3.05) is 88.3 Å². The fraction of sp³-hybridized carbons (Fsp3) is 0.509. The zero-order valence-electron chi connectivity index (χ0n) is 41.2. The largest absolute Gasteiger partial charge is 0.444 e. The van der Waals surface area contributed by atoms with E-state index in [0.29, 0.717) is 37.0 Å². The number of hydrogen-bond acceptors (Lipinski definition) is 9. The Morgan fingerprint density at radius 1 is 0.567 bits per heavy atom. The zero-order valence-corrected chi connectivity index (χ0v) is 41.2. The van der Waals surface area contributed by atoms with Gasteiger partial charge in [-0.05, 0) is 159 Å². The van der Waals surface area contributed by atoms with Crippen LogP contribution in [0.2, 0.25) is 0 Å². The van der Waals surface area contributed by atoms with Crippen LogP contribution in [0.4, 0.5) is 16.2 Å². The van der Waals surface area contributed by atoms with Crippen LogP contribution in [0.5, 0.6) is 0 Å². The third kappa shape index (κ3) is 11.0. The fourth-order valence-electron chi connectivity index (χ4n) is 10.6. The lowest BCUT2D eigenvalue weighted by Gasteiger charge is -2.36. The molecule has 0 saturated carbocycles. The third-order valence-corrected chi connectivity index (χ3v) is 14.7. The summed E-state index contributed by atoms with van der Waals surface area (Å²) in [6.07, 6.45) is 12.8. The van der Waals surface area contributed by atoms with Crippen LogP contribution in [0.25, 0.3) is 33.3 Å². The van der Waals surface area contributed by atoms with Crippen LogP contribution in [0, 0.1) is 0 Å². The first kappa shape index (κ1) is 46.7. The van der Waals surface area contributed by atoms with Gasteiger partial charge in [-0.2, -0.15) is 10.2 Å². The molecule has 6 aromatic rings. The standard InChI is InChI=1S/C30H41N5O2.C25H33N5/c1-22(2)32-14-11-25(12-15-32)23-6-8-24(9-7-23)26-20-28-27(10-13-31-35(28)21-26)33-16-18-34(19-17-33)29(36)37-30(3,4)5;1-19(2)28-13-8-22(9-14-28)20-3-5-21(6-4-20)23-17-25-24(7-10-27-30(25)18-23)29-15-11-26-12-16-29/h6-10,13,20-22,25H,11-12,14-19H2,1-5H3;3-7,10,17-19,22,26H,8-9,11-16H2,1-2H3. The van der Waals surface area contributed by atoms with E-state index in [0.717, 1.165) is 50.5 Å². The minimum Gasteiger partial charge on any atom is -0.444 e. The maximum atomic E-state index is 12.5. The number of nitrogens with one attached hydrogen (secondary N) is 1. The van der Waals surface area contributed by atoms with Crippen molar-refractivity contribution < 1.29 is 9.53 Å². The molecule has 4 aliphatic heterocycles.